The Bertz CT molecular complexity index is 1040. The van der Waals surface area contributed by atoms with Crippen molar-refractivity contribution < 1.29 is 4.92 Å². The van der Waals surface area contributed by atoms with Gasteiger partial charge in [-0.1, -0.05) is 60.7 Å². The minimum Gasteiger partial charge on any atom is -0.377 e. The van der Waals surface area contributed by atoms with E-state index < -0.39 is 0 Å². The molecule has 0 fully saturated rings. The number of allylic oxidation sites excluding steroid dienone is 2. The molecule has 0 bridgehead atoms. The maximum atomic E-state index is 11.0. The van der Waals surface area contributed by atoms with Crippen molar-refractivity contribution in [1.29, 1.82) is 0 Å². The number of anilines is 1. The smallest absolute Gasteiger partial charge is 0.269 e. The predicted molar refractivity (Wildman–Crippen MR) is 103 cm³/mol. The Balaban J connectivity index is 1.63. The summed E-state index contributed by atoms with van der Waals surface area (Å²) in [6, 6.07) is 20.0. The van der Waals surface area contributed by atoms with Crippen LogP contribution >= 0.6 is 0 Å². The topological polar surface area (TPSA) is 55.2 Å². The molecule has 1 aliphatic heterocycles. The molecule has 3 aromatic carbocycles. The van der Waals surface area contributed by atoms with Gasteiger partial charge in [0.1, 0.15) is 0 Å². The minimum absolute atomic E-state index is 0.136. The van der Waals surface area contributed by atoms with E-state index in [0.29, 0.717) is 11.8 Å². The van der Waals surface area contributed by atoms with Gasteiger partial charge in [-0.2, -0.15) is 0 Å². The third-order valence-corrected chi connectivity index (χ3v) is 5.72. The lowest BCUT2D eigenvalue weighted by atomic mass is 9.76. The van der Waals surface area contributed by atoms with Crippen LogP contribution < -0.4 is 5.32 Å². The predicted octanol–water partition coefficient (Wildman–Crippen LogP) is 5.57. The zero-order valence-electron chi connectivity index (χ0n) is 14.1. The number of non-ortho nitro benzene ring substituents is 1. The fraction of sp³-hybridized carbons (Fsp3) is 0.182. The van der Waals surface area contributed by atoms with E-state index in [1.807, 2.05) is 12.1 Å². The molecule has 3 unspecified atom stereocenters. The Kier molecular flexibility index (Phi) is 3.32. The first-order chi connectivity index (χ1) is 12.7. The maximum absolute atomic E-state index is 11.0. The quantitative estimate of drug-likeness (QED) is 0.376. The van der Waals surface area contributed by atoms with Crippen LogP contribution in [0.1, 0.15) is 29.5 Å². The van der Waals surface area contributed by atoms with E-state index in [9.17, 15) is 10.1 Å². The molecule has 3 aromatic rings. The number of fused-ring (bicyclic) bond motifs is 5. The summed E-state index contributed by atoms with van der Waals surface area (Å²) >= 11 is 0. The minimum atomic E-state index is -0.346. The molecule has 4 heteroatoms. The van der Waals surface area contributed by atoms with E-state index >= 15 is 0 Å². The molecule has 1 aliphatic carbocycles. The van der Waals surface area contributed by atoms with Gasteiger partial charge in [0.05, 0.1) is 11.0 Å². The van der Waals surface area contributed by atoms with Crippen molar-refractivity contribution in [1.82, 2.24) is 0 Å². The summed E-state index contributed by atoms with van der Waals surface area (Å²) in [5, 5.41) is 17.2. The van der Waals surface area contributed by atoms with Gasteiger partial charge in [-0.3, -0.25) is 10.1 Å². The number of nitro benzene ring substituents is 1. The Labute approximate surface area is 151 Å². The lowest BCUT2D eigenvalue weighted by molar-refractivity contribution is -0.384. The third kappa shape index (κ3) is 2.22. The summed E-state index contributed by atoms with van der Waals surface area (Å²) in [5.74, 6) is 0.821. The average molecular weight is 342 g/mol. The van der Waals surface area contributed by atoms with E-state index in [1.54, 1.807) is 12.1 Å². The molecular weight excluding hydrogens is 324 g/mol. The fourth-order valence-corrected chi connectivity index (χ4v) is 4.47. The molecule has 26 heavy (non-hydrogen) atoms. The van der Waals surface area contributed by atoms with E-state index in [2.05, 4.69) is 53.9 Å². The zero-order chi connectivity index (χ0) is 17.7. The highest BCUT2D eigenvalue weighted by Gasteiger charge is 2.38. The van der Waals surface area contributed by atoms with Gasteiger partial charge >= 0.3 is 0 Å². The van der Waals surface area contributed by atoms with E-state index in [4.69, 9.17) is 0 Å². The van der Waals surface area contributed by atoms with Crippen molar-refractivity contribution in [3.05, 3.63) is 94.1 Å². The monoisotopic (exact) mass is 342 g/mol. The van der Waals surface area contributed by atoms with Crippen molar-refractivity contribution in [2.24, 2.45) is 5.92 Å². The number of hydrogen-bond donors (Lipinski definition) is 1. The van der Waals surface area contributed by atoms with Gasteiger partial charge in [-0.25, -0.2) is 0 Å². The molecule has 0 spiro atoms. The van der Waals surface area contributed by atoms with Crippen molar-refractivity contribution in [2.75, 3.05) is 5.32 Å². The summed E-state index contributed by atoms with van der Waals surface area (Å²) < 4.78 is 0. The molecule has 2 aliphatic rings. The Hall–Kier alpha value is -3.14. The molecule has 5 rings (SSSR count). The zero-order valence-corrected chi connectivity index (χ0v) is 14.1. The van der Waals surface area contributed by atoms with Gasteiger partial charge in [0.15, 0.2) is 0 Å². The first-order valence-corrected chi connectivity index (χ1v) is 8.91. The number of nitrogens with zero attached hydrogens (tertiary/aromatic N) is 1. The van der Waals surface area contributed by atoms with Crippen LogP contribution in [0.2, 0.25) is 0 Å². The highest BCUT2D eigenvalue weighted by Crippen LogP contribution is 2.51. The molecule has 128 valence electrons. The van der Waals surface area contributed by atoms with Crippen LogP contribution in [0, 0.1) is 16.0 Å². The molecule has 0 saturated heterocycles. The molecule has 0 amide bonds. The molecule has 0 aromatic heterocycles. The summed E-state index contributed by atoms with van der Waals surface area (Å²) in [6.45, 7) is 0. The van der Waals surface area contributed by atoms with Crippen LogP contribution in [0.4, 0.5) is 11.4 Å². The van der Waals surface area contributed by atoms with Gasteiger partial charge in [0.25, 0.3) is 5.69 Å². The molecule has 1 N–H and O–H groups in total. The molecule has 4 nitrogen and oxygen atoms in total. The van der Waals surface area contributed by atoms with Gasteiger partial charge < -0.3 is 5.32 Å². The number of hydrogen-bond acceptors (Lipinski definition) is 3. The Morgan fingerprint density at radius 2 is 1.81 bits per heavy atom. The number of benzene rings is 3. The van der Waals surface area contributed by atoms with Gasteiger partial charge in [0, 0.05) is 29.1 Å². The van der Waals surface area contributed by atoms with E-state index in [0.717, 1.165) is 12.0 Å². The van der Waals surface area contributed by atoms with Crippen LogP contribution in [0.15, 0.2) is 72.8 Å². The molecule has 1 heterocycles. The first kappa shape index (κ1) is 15.1. The molecule has 0 saturated carbocycles. The molecular formula is C22H18N2O2. The van der Waals surface area contributed by atoms with Crippen LogP contribution in [0.5, 0.6) is 0 Å². The second-order valence-corrected chi connectivity index (χ2v) is 7.08. The van der Waals surface area contributed by atoms with Crippen molar-refractivity contribution in [2.45, 2.75) is 18.4 Å². The van der Waals surface area contributed by atoms with Gasteiger partial charge in [-0.15, -0.1) is 0 Å². The van der Waals surface area contributed by atoms with E-state index in [1.165, 1.54) is 22.0 Å². The van der Waals surface area contributed by atoms with Gasteiger partial charge in [-0.05, 0) is 28.9 Å². The van der Waals surface area contributed by atoms with Crippen molar-refractivity contribution in [3.8, 4) is 0 Å². The normalized spacial score (nSPS) is 23.3. The highest BCUT2D eigenvalue weighted by molar-refractivity contribution is 5.96. The number of nitrogens with one attached hydrogen (secondary N) is 1. The third-order valence-electron chi connectivity index (χ3n) is 5.72. The largest absolute Gasteiger partial charge is 0.377 e. The maximum Gasteiger partial charge on any atom is 0.269 e. The van der Waals surface area contributed by atoms with Crippen LogP contribution in [-0.4, -0.2) is 4.92 Å². The summed E-state index contributed by atoms with van der Waals surface area (Å²) in [7, 11) is 0. The van der Waals surface area contributed by atoms with Crippen molar-refractivity contribution in [3.63, 3.8) is 0 Å². The summed E-state index contributed by atoms with van der Waals surface area (Å²) in [6.07, 6.45) is 5.60. The van der Waals surface area contributed by atoms with Crippen molar-refractivity contribution >= 4 is 22.1 Å². The summed E-state index contributed by atoms with van der Waals surface area (Å²) in [5.41, 5.74) is 3.78. The lowest BCUT2D eigenvalue weighted by Gasteiger charge is -2.38. The summed E-state index contributed by atoms with van der Waals surface area (Å²) in [4.78, 5) is 10.6. The second kappa shape index (κ2) is 5.70. The lowest BCUT2D eigenvalue weighted by Crippen LogP contribution is -2.29. The molecule has 0 radical (unpaired) electrons. The Morgan fingerprint density at radius 1 is 1.00 bits per heavy atom. The average Bonchev–Trinajstić information content (AvgIpc) is 3.17. The fourth-order valence-electron chi connectivity index (χ4n) is 4.47. The van der Waals surface area contributed by atoms with E-state index in [-0.39, 0.29) is 16.7 Å². The SMILES string of the molecule is O=[N+]([O-])c1ccc(C2Nc3c(ccc4ccccc34)C3C=CCC32)cc1. The van der Waals surface area contributed by atoms with Gasteiger partial charge in [0.2, 0.25) is 0 Å². The van der Waals surface area contributed by atoms with Crippen LogP contribution in [-0.2, 0) is 0 Å². The van der Waals surface area contributed by atoms with Crippen LogP contribution in [0.25, 0.3) is 10.8 Å². The number of rotatable bonds is 2. The first-order valence-electron chi connectivity index (χ1n) is 8.91. The highest BCUT2D eigenvalue weighted by atomic mass is 16.6. The Morgan fingerprint density at radius 3 is 2.62 bits per heavy atom. The second-order valence-electron chi connectivity index (χ2n) is 7.08. The van der Waals surface area contributed by atoms with Crippen LogP contribution in [0.3, 0.4) is 0 Å². The standard InChI is InChI=1S/C22H18N2O2/c25-24(26)16-11-8-15(9-12-16)21-19-7-3-6-18(19)20-13-10-14-4-1-2-5-17(14)22(20)23-21/h1-6,8-13,18-19,21,23H,7H2. The molecule has 3 atom stereocenters. The number of nitro groups is 1.